The molecule has 3 aromatic rings. The van der Waals surface area contributed by atoms with E-state index >= 15 is 0 Å². The van der Waals surface area contributed by atoms with Gasteiger partial charge in [-0.1, -0.05) is 48.0 Å². The van der Waals surface area contributed by atoms with E-state index in [0.717, 1.165) is 0 Å². The lowest BCUT2D eigenvalue weighted by Gasteiger charge is -2.13. The second-order valence-corrected chi connectivity index (χ2v) is 6.21. The Morgan fingerprint density at radius 2 is 1.93 bits per heavy atom. The van der Waals surface area contributed by atoms with Gasteiger partial charge in [-0.25, -0.2) is 4.79 Å². The molecule has 0 saturated heterocycles. The van der Waals surface area contributed by atoms with Crippen molar-refractivity contribution in [3.63, 3.8) is 0 Å². The Hall–Kier alpha value is -2.86. The van der Waals surface area contributed by atoms with Gasteiger partial charge in [-0.3, -0.25) is 0 Å². The highest BCUT2D eigenvalue weighted by Crippen LogP contribution is 2.23. The van der Waals surface area contributed by atoms with Gasteiger partial charge in [0.1, 0.15) is 0 Å². The van der Waals surface area contributed by atoms with Crippen molar-refractivity contribution in [1.29, 1.82) is 0 Å². The molecule has 5 nitrogen and oxygen atoms in total. The summed E-state index contributed by atoms with van der Waals surface area (Å²) in [6.07, 6.45) is -2.86. The van der Waals surface area contributed by atoms with Gasteiger partial charge in [0.25, 0.3) is 0 Å². The van der Waals surface area contributed by atoms with Gasteiger partial charge in [0, 0.05) is 33.0 Å². The van der Waals surface area contributed by atoms with Crippen LogP contribution in [0.2, 0.25) is 5.02 Å². The van der Waals surface area contributed by atoms with E-state index in [9.17, 15) is 15.0 Å². The normalized spacial score (nSPS) is 18.3. The molecule has 0 bridgehead atoms. The highest BCUT2D eigenvalue weighted by Gasteiger charge is 2.07. The maximum absolute atomic E-state index is 11.3. The largest absolute Gasteiger partial charge is 0.478 e. The predicted molar refractivity (Wildman–Crippen MR) is 117 cm³/mol. The Bertz CT molecular complexity index is 1360. The molecule has 0 fully saturated rings. The number of carboxylic acid groups (broad SMARTS) is 1. The summed E-state index contributed by atoms with van der Waals surface area (Å²) in [7, 11) is 0. The minimum Gasteiger partial charge on any atom is -0.478 e. The molecule has 0 amide bonds. The second kappa shape index (κ2) is 10.1. The summed E-state index contributed by atoms with van der Waals surface area (Å²) in [5, 5.41) is 23.8. The van der Waals surface area contributed by atoms with Crippen LogP contribution in [0.15, 0.2) is 72.7 Å². The molecule has 0 saturated carbocycles. The molecule has 0 aliphatic carbocycles. The van der Waals surface area contributed by atoms with Crippen molar-refractivity contribution in [2.45, 2.75) is 6.08 Å². The SMILES string of the molecule is [2H]c1c([2H])c(Cl)c([2H])c([C@]([2H])(O)CNC([2H])([2H])C([2H])([2H])Nc2cccc(-c3cccc(C(=O)O)c3)c2)c1[2H]. The smallest absolute Gasteiger partial charge is 0.335 e. The number of hydrogen-bond acceptors (Lipinski definition) is 4. The van der Waals surface area contributed by atoms with Gasteiger partial charge < -0.3 is 20.8 Å². The molecule has 3 rings (SSSR count). The molecular weight excluding hydrogens is 388 g/mol. The maximum Gasteiger partial charge on any atom is 0.335 e. The zero-order chi connectivity index (χ0) is 28.6. The van der Waals surface area contributed by atoms with E-state index in [2.05, 4.69) is 10.6 Å². The van der Waals surface area contributed by atoms with Crippen molar-refractivity contribution in [3.05, 3.63) is 88.9 Å². The number of carbonyl (C=O) groups is 1. The third-order valence-electron chi connectivity index (χ3n) is 3.80. The number of aliphatic hydroxyl groups is 1. The highest BCUT2D eigenvalue weighted by molar-refractivity contribution is 6.30. The van der Waals surface area contributed by atoms with Gasteiger partial charge in [-0.2, -0.15) is 0 Å². The average Bonchev–Trinajstić information content (AvgIpc) is 2.85. The van der Waals surface area contributed by atoms with Crippen LogP contribution in [0.1, 0.15) is 34.3 Å². The van der Waals surface area contributed by atoms with E-state index in [1.807, 2.05) is 0 Å². The minimum atomic E-state index is -2.92. The molecule has 0 heterocycles. The zero-order valence-electron chi connectivity index (χ0n) is 24.0. The van der Waals surface area contributed by atoms with E-state index in [1.165, 1.54) is 24.3 Å². The summed E-state index contributed by atoms with van der Waals surface area (Å²) in [5.41, 5.74) is 0.561. The molecule has 0 aromatic heterocycles. The standard InChI is InChI=1S/C23H23ClN2O3/c24-20-8-2-6-18(13-20)22(27)15-25-10-11-26-21-9-3-5-17(14-21)16-4-1-7-19(12-16)23(28)29/h1-9,12-14,22,25-27H,10-11,15H2,(H,28,29)/t22-/m1/s1/i2D,6D,8D,10D2,11D2,13D,22D. The van der Waals surface area contributed by atoms with E-state index < -0.39 is 66.3 Å². The fraction of sp³-hybridized carbons (Fsp3) is 0.174. The lowest BCUT2D eigenvalue weighted by atomic mass is 10.0. The Labute approximate surface area is 187 Å². The van der Waals surface area contributed by atoms with Gasteiger partial charge in [-0.05, 0) is 53.0 Å². The summed E-state index contributed by atoms with van der Waals surface area (Å²) in [5.74, 6) is -1.11. The fourth-order valence-corrected chi connectivity index (χ4v) is 2.58. The summed E-state index contributed by atoms with van der Waals surface area (Å²) in [6, 6.07) is 9.41. The molecule has 0 aliphatic rings. The third-order valence-corrected chi connectivity index (χ3v) is 3.99. The fourth-order valence-electron chi connectivity index (χ4n) is 2.44. The van der Waals surface area contributed by atoms with Crippen LogP contribution in [0.5, 0.6) is 0 Å². The zero-order valence-corrected chi connectivity index (χ0v) is 15.8. The summed E-state index contributed by atoms with van der Waals surface area (Å²) >= 11 is 5.83. The van der Waals surface area contributed by atoms with E-state index in [0.29, 0.717) is 11.1 Å². The highest BCUT2D eigenvalue weighted by atomic mass is 35.5. The lowest BCUT2D eigenvalue weighted by Crippen LogP contribution is -2.26. The van der Waals surface area contributed by atoms with Crippen LogP contribution in [-0.2, 0) is 0 Å². The molecular formula is C23H23ClN2O3. The van der Waals surface area contributed by atoms with Gasteiger partial charge in [0.2, 0.25) is 0 Å². The van der Waals surface area contributed by atoms with E-state index in [1.54, 1.807) is 24.3 Å². The number of halogens is 1. The van der Waals surface area contributed by atoms with E-state index in [4.69, 9.17) is 23.9 Å². The van der Waals surface area contributed by atoms with Gasteiger partial charge in [-0.15, -0.1) is 0 Å². The molecule has 29 heavy (non-hydrogen) atoms. The van der Waals surface area contributed by atoms with Crippen LogP contribution in [0.3, 0.4) is 0 Å². The summed E-state index contributed by atoms with van der Waals surface area (Å²) < 4.78 is 72.5. The van der Waals surface area contributed by atoms with Crippen LogP contribution in [-0.4, -0.2) is 35.7 Å². The van der Waals surface area contributed by atoms with Crippen LogP contribution in [0.4, 0.5) is 5.69 Å². The first-order chi connectivity index (χ1) is 17.5. The number of benzene rings is 3. The number of nitrogens with one attached hydrogen (secondary N) is 2. The molecule has 0 radical (unpaired) electrons. The molecule has 150 valence electrons. The Balaban J connectivity index is 1.83. The first kappa shape index (κ1) is 12.0. The van der Waals surface area contributed by atoms with Crippen LogP contribution in [0, 0.1) is 0 Å². The Kier molecular flexibility index (Phi) is 4.16. The molecule has 1 atom stereocenters. The summed E-state index contributed by atoms with van der Waals surface area (Å²) in [4.78, 5) is 11.3. The average molecular weight is 420 g/mol. The lowest BCUT2D eigenvalue weighted by molar-refractivity contribution is 0.0697. The molecule has 0 spiro atoms. The van der Waals surface area contributed by atoms with Crippen molar-refractivity contribution >= 4 is 23.3 Å². The number of carboxylic acids is 1. The molecule has 0 aliphatic heterocycles. The quantitative estimate of drug-likeness (QED) is 0.412. The summed E-state index contributed by atoms with van der Waals surface area (Å²) in [6.45, 7) is -6.75. The van der Waals surface area contributed by atoms with Crippen molar-refractivity contribution in [2.24, 2.45) is 0 Å². The maximum atomic E-state index is 11.3. The predicted octanol–water partition coefficient (Wildman–Crippen LogP) is 4.44. The molecule has 4 N–H and O–H groups in total. The van der Waals surface area contributed by atoms with Gasteiger partial charge in [0.05, 0.1) is 21.2 Å². The Morgan fingerprint density at radius 3 is 2.72 bits per heavy atom. The van der Waals surface area contributed by atoms with E-state index in [-0.39, 0.29) is 11.3 Å². The number of aromatic carboxylic acids is 1. The van der Waals surface area contributed by atoms with Crippen LogP contribution < -0.4 is 10.6 Å². The Morgan fingerprint density at radius 1 is 1.17 bits per heavy atom. The first-order valence-electron chi connectivity index (χ1n) is 12.9. The second-order valence-electron chi connectivity index (χ2n) is 5.83. The van der Waals surface area contributed by atoms with Crippen molar-refractivity contribution in [3.8, 4) is 11.1 Å². The van der Waals surface area contributed by atoms with Crippen LogP contribution in [0.25, 0.3) is 11.1 Å². The van der Waals surface area contributed by atoms with Crippen molar-refractivity contribution in [2.75, 3.05) is 24.9 Å². The number of anilines is 1. The van der Waals surface area contributed by atoms with Gasteiger partial charge in [0.15, 0.2) is 0 Å². The van der Waals surface area contributed by atoms with Gasteiger partial charge >= 0.3 is 5.97 Å². The first-order valence-corrected chi connectivity index (χ1v) is 8.82. The van der Waals surface area contributed by atoms with Crippen molar-refractivity contribution < 1.29 is 27.3 Å². The molecule has 3 aromatic carbocycles. The van der Waals surface area contributed by atoms with Crippen molar-refractivity contribution in [1.82, 2.24) is 5.32 Å². The number of rotatable bonds is 9. The topological polar surface area (TPSA) is 81.6 Å². The monoisotopic (exact) mass is 419 g/mol. The third kappa shape index (κ3) is 6.06. The van der Waals surface area contributed by atoms with Crippen LogP contribution >= 0.6 is 11.6 Å². The molecule has 6 heteroatoms. The number of hydrogen-bond donors (Lipinski definition) is 4. The minimum absolute atomic E-state index is 0.0578. The molecule has 0 unspecified atom stereocenters.